The summed E-state index contributed by atoms with van der Waals surface area (Å²) >= 11 is 0. The average molecular weight is 294 g/mol. The standard InChI is InChI=1S/C18H18N2O2/c1-11(2)17(21)19-14-8-9-15-13(10-14)6-5-7-16(15)20-18(22)12(3)4/h5-10H,1,3H2,2,4H3,(H,19,21)(H,20,22). The maximum absolute atomic E-state index is 11.8. The van der Waals surface area contributed by atoms with Crippen LogP contribution in [0.1, 0.15) is 13.8 Å². The third kappa shape index (κ3) is 3.41. The summed E-state index contributed by atoms with van der Waals surface area (Å²) in [6.45, 7) is 10.5. The van der Waals surface area contributed by atoms with Crippen molar-refractivity contribution in [2.24, 2.45) is 0 Å². The first-order valence-electron chi connectivity index (χ1n) is 6.85. The number of benzene rings is 2. The van der Waals surface area contributed by atoms with E-state index in [0.29, 0.717) is 22.5 Å². The molecule has 0 heterocycles. The maximum atomic E-state index is 11.8. The van der Waals surface area contributed by atoms with Crippen molar-refractivity contribution in [3.63, 3.8) is 0 Å². The highest BCUT2D eigenvalue weighted by Gasteiger charge is 2.08. The van der Waals surface area contributed by atoms with E-state index in [-0.39, 0.29) is 11.8 Å². The van der Waals surface area contributed by atoms with Gasteiger partial charge in [0.15, 0.2) is 0 Å². The van der Waals surface area contributed by atoms with Gasteiger partial charge < -0.3 is 10.6 Å². The number of amides is 2. The molecule has 0 aliphatic rings. The van der Waals surface area contributed by atoms with Crippen molar-refractivity contribution < 1.29 is 9.59 Å². The molecule has 2 amide bonds. The van der Waals surface area contributed by atoms with Gasteiger partial charge in [0, 0.05) is 27.9 Å². The van der Waals surface area contributed by atoms with E-state index in [0.717, 1.165) is 10.8 Å². The molecule has 0 saturated heterocycles. The Labute approximate surface area is 129 Å². The van der Waals surface area contributed by atoms with Gasteiger partial charge >= 0.3 is 0 Å². The SMILES string of the molecule is C=C(C)C(=O)Nc1ccc2c(NC(=O)C(=C)C)cccc2c1. The lowest BCUT2D eigenvalue weighted by molar-refractivity contribution is -0.113. The van der Waals surface area contributed by atoms with Gasteiger partial charge in [-0.1, -0.05) is 31.4 Å². The maximum Gasteiger partial charge on any atom is 0.250 e. The van der Waals surface area contributed by atoms with Crippen molar-refractivity contribution in [2.45, 2.75) is 13.8 Å². The Morgan fingerprint density at radius 3 is 2.18 bits per heavy atom. The van der Waals surface area contributed by atoms with E-state index < -0.39 is 0 Å². The molecular weight excluding hydrogens is 276 g/mol. The van der Waals surface area contributed by atoms with Crippen LogP contribution in [0.25, 0.3) is 10.8 Å². The first-order valence-corrected chi connectivity index (χ1v) is 6.85. The van der Waals surface area contributed by atoms with E-state index in [1.54, 1.807) is 19.9 Å². The Balaban J connectivity index is 2.35. The number of anilines is 2. The van der Waals surface area contributed by atoms with E-state index in [2.05, 4.69) is 23.8 Å². The molecule has 0 radical (unpaired) electrons. The fourth-order valence-electron chi connectivity index (χ4n) is 1.94. The topological polar surface area (TPSA) is 58.2 Å². The van der Waals surface area contributed by atoms with Gasteiger partial charge in [0.05, 0.1) is 0 Å². The van der Waals surface area contributed by atoms with Crippen LogP contribution in [-0.4, -0.2) is 11.8 Å². The van der Waals surface area contributed by atoms with Gasteiger partial charge in [-0.15, -0.1) is 0 Å². The van der Waals surface area contributed by atoms with Crippen molar-refractivity contribution in [2.75, 3.05) is 10.6 Å². The van der Waals surface area contributed by atoms with Gasteiger partial charge in [-0.05, 0) is 37.4 Å². The third-order valence-corrected chi connectivity index (χ3v) is 3.16. The van der Waals surface area contributed by atoms with E-state index in [4.69, 9.17) is 0 Å². The lowest BCUT2D eigenvalue weighted by Gasteiger charge is -2.10. The molecule has 0 bridgehead atoms. The highest BCUT2D eigenvalue weighted by molar-refractivity contribution is 6.09. The van der Waals surface area contributed by atoms with Crippen LogP contribution in [-0.2, 0) is 9.59 Å². The third-order valence-electron chi connectivity index (χ3n) is 3.16. The number of carbonyl (C=O) groups excluding carboxylic acids is 2. The molecule has 0 spiro atoms. The number of carbonyl (C=O) groups is 2. The molecule has 0 fully saturated rings. The van der Waals surface area contributed by atoms with Crippen LogP contribution in [0.2, 0.25) is 0 Å². The number of hydrogen-bond acceptors (Lipinski definition) is 2. The lowest BCUT2D eigenvalue weighted by Crippen LogP contribution is -2.12. The largest absolute Gasteiger partial charge is 0.322 e. The number of nitrogens with one attached hydrogen (secondary N) is 2. The molecule has 2 rings (SSSR count). The molecule has 2 aromatic carbocycles. The summed E-state index contributed by atoms with van der Waals surface area (Å²) in [4.78, 5) is 23.4. The minimum Gasteiger partial charge on any atom is -0.322 e. The normalized spacial score (nSPS) is 10.1. The molecular formula is C18H18N2O2. The quantitative estimate of drug-likeness (QED) is 0.841. The molecule has 0 atom stereocenters. The van der Waals surface area contributed by atoms with Crippen LogP contribution in [0.5, 0.6) is 0 Å². The van der Waals surface area contributed by atoms with Crippen LogP contribution in [0.3, 0.4) is 0 Å². The van der Waals surface area contributed by atoms with Crippen molar-refractivity contribution in [1.82, 2.24) is 0 Å². The van der Waals surface area contributed by atoms with Crippen LogP contribution >= 0.6 is 0 Å². The Kier molecular flexibility index (Phi) is 4.41. The van der Waals surface area contributed by atoms with Gasteiger partial charge in [-0.3, -0.25) is 9.59 Å². The molecule has 0 saturated carbocycles. The van der Waals surface area contributed by atoms with Crippen molar-refractivity contribution in [3.05, 3.63) is 60.7 Å². The molecule has 2 N–H and O–H groups in total. The highest BCUT2D eigenvalue weighted by atomic mass is 16.2. The van der Waals surface area contributed by atoms with E-state index >= 15 is 0 Å². The Morgan fingerprint density at radius 1 is 0.909 bits per heavy atom. The zero-order valence-electron chi connectivity index (χ0n) is 12.7. The van der Waals surface area contributed by atoms with Gasteiger partial charge in [-0.25, -0.2) is 0 Å². The second-order valence-corrected chi connectivity index (χ2v) is 5.21. The number of fused-ring (bicyclic) bond motifs is 1. The molecule has 0 aromatic heterocycles. The van der Waals surface area contributed by atoms with Crippen molar-refractivity contribution in [3.8, 4) is 0 Å². The average Bonchev–Trinajstić information content (AvgIpc) is 2.47. The summed E-state index contributed by atoms with van der Waals surface area (Å²) in [5.74, 6) is -0.432. The first kappa shape index (κ1) is 15.5. The first-order chi connectivity index (χ1) is 10.4. The minimum absolute atomic E-state index is 0.216. The summed E-state index contributed by atoms with van der Waals surface area (Å²) < 4.78 is 0. The smallest absolute Gasteiger partial charge is 0.250 e. The fourth-order valence-corrected chi connectivity index (χ4v) is 1.94. The van der Waals surface area contributed by atoms with Crippen LogP contribution < -0.4 is 10.6 Å². The van der Waals surface area contributed by atoms with Crippen molar-refractivity contribution in [1.29, 1.82) is 0 Å². The number of hydrogen-bond donors (Lipinski definition) is 2. The molecule has 4 nitrogen and oxygen atoms in total. The van der Waals surface area contributed by atoms with E-state index in [9.17, 15) is 9.59 Å². The van der Waals surface area contributed by atoms with Crippen LogP contribution in [0.15, 0.2) is 60.7 Å². The molecule has 2 aromatic rings. The molecule has 0 aliphatic heterocycles. The van der Waals surface area contributed by atoms with Crippen molar-refractivity contribution >= 4 is 34.0 Å². The monoisotopic (exact) mass is 294 g/mol. The number of rotatable bonds is 4. The highest BCUT2D eigenvalue weighted by Crippen LogP contribution is 2.26. The Morgan fingerprint density at radius 2 is 1.55 bits per heavy atom. The summed E-state index contributed by atoms with van der Waals surface area (Å²) in [6, 6.07) is 11.1. The van der Waals surface area contributed by atoms with Gasteiger partial charge in [0.25, 0.3) is 11.8 Å². The second-order valence-electron chi connectivity index (χ2n) is 5.21. The molecule has 0 aliphatic carbocycles. The minimum atomic E-state index is -0.217. The van der Waals surface area contributed by atoms with Gasteiger partial charge in [-0.2, -0.15) is 0 Å². The molecule has 0 unspecified atom stereocenters. The summed E-state index contributed by atoms with van der Waals surface area (Å²) in [6.07, 6.45) is 0. The predicted octanol–water partition coefficient (Wildman–Crippen LogP) is 3.87. The van der Waals surface area contributed by atoms with Crippen LogP contribution in [0.4, 0.5) is 11.4 Å². The Hall–Kier alpha value is -2.88. The molecule has 112 valence electrons. The second kappa shape index (κ2) is 6.26. The zero-order valence-corrected chi connectivity index (χ0v) is 12.7. The van der Waals surface area contributed by atoms with E-state index in [1.165, 1.54) is 0 Å². The summed E-state index contributed by atoms with van der Waals surface area (Å²) in [5.41, 5.74) is 2.29. The van der Waals surface area contributed by atoms with Gasteiger partial charge in [0.2, 0.25) is 0 Å². The summed E-state index contributed by atoms with van der Waals surface area (Å²) in [7, 11) is 0. The van der Waals surface area contributed by atoms with Gasteiger partial charge in [0.1, 0.15) is 0 Å². The molecule has 22 heavy (non-hydrogen) atoms. The summed E-state index contributed by atoms with van der Waals surface area (Å²) in [5, 5.41) is 7.40. The Bertz CT molecular complexity index is 791. The lowest BCUT2D eigenvalue weighted by atomic mass is 10.1. The van der Waals surface area contributed by atoms with Crippen LogP contribution in [0, 0.1) is 0 Å². The van der Waals surface area contributed by atoms with E-state index in [1.807, 2.05) is 30.3 Å². The predicted molar refractivity (Wildman–Crippen MR) is 90.8 cm³/mol. The fraction of sp³-hybridized carbons (Fsp3) is 0.111. The zero-order chi connectivity index (χ0) is 16.3. The molecule has 4 heteroatoms.